The number of rotatable bonds is 2. The summed E-state index contributed by atoms with van der Waals surface area (Å²) >= 11 is 5.69. The number of anilines is 1. The summed E-state index contributed by atoms with van der Waals surface area (Å²) in [6.07, 6.45) is 0. The number of nitrogens with zero attached hydrogens (tertiary/aromatic N) is 2. The van der Waals surface area contributed by atoms with Crippen LogP contribution in [0.15, 0.2) is 6.07 Å². The predicted octanol–water partition coefficient (Wildman–Crippen LogP) is 1.87. The molecule has 0 radical (unpaired) electrons. The number of aryl methyl sites for hydroxylation is 1. The lowest BCUT2D eigenvalue weighted by atomic mass is 10.5. The van der Waals surface area contributed by atoms with Crippen LogP contribution in [0, 0.1) is 6.92 Å². The molecule has 0 aromatic carbocycles. The van der Waals surface area contributed by atoms with Crippen molar-refractivity contribution in [1.82, 2.24) is 9.97 Å². The summed E-state index contributed by atoms with van der Waals surface area (Å²) in [6.45, 7) is 4.66. The van der Waals surface area contributed by atoms with Crippen molar-refractivity contribution in [1.29, 1.82) is 0 Å². The standard InChI is InChI=1S/C7H10ClN3/c1-3-9-7-4-6(8)10-5(2)11-7/h4H,3H2,1-2H3,(H,9,10,11). The molecule has 0 aliphatic carbocycles. The zero-order chi connectivity index (χ0) is 8.27. The third-order valence-corrected chi connectivity index (χ3v) is 1.36. The summed E-state index contributed by atoms with van der Waals surface area (Å²) in [5.74, 6) is 1.47. The first kappa shape index (κ1) is 8.27. The maximum atomic E-state index is 5.69. The molecule has 1 heterocycles. The smallest absolute Gasteiger partial charge is 0.134 e. The Bertz CT molecular complexity index is 229. The molecule has 11 heavy (non-hydrogen) atoms. The Morgan fingerprint density at radius 3 is 2.82 bits per heavy atom. The first-order valence-electron chi connectivity index (χ1n) is 3.47. The largest absolute Gasteiger partial charge is 0.370 e. The van der Waals surface area contributed by atoms with E-state index in [9.17, 15) is 0 Å². The van der Waals surface area contributed by atoms with E-state index in [1.807, 2.05) is 13.8 Å². The van der Waals surface area contributed by atoms with Gasteiger partial charge in [-0.15, -0.1) is 0 Å². The average molecular weight is 172 g/mol. The second-order valence-electron chi connectivity index (χ2n) is 2.15. The molecule has 60 valence electrons. The summed E-state index contributed by atoms with van der Waals surface area (Å²) in [5, 5.41) is 3.53. The molecule has 1 aromatic heterocycles. The van der Waals surface area contributed by atoms with Gasteiger partial charge in [0.1, 0.15) is 16.8 Å². The highest BCUT2D eigenvalue weighted by atomic mass is 35.5. The van der Waals surface area contributed by atoms with Crippen LogP contribution in [-0.2, 0) is 0 Å². The van der Waals surface area contributed by atoms with Gasteiger partial charge in [-0.1, -0.05) is 11.6 Å². The molecule has 0 amide bonds. The maximum absolute atomic E-state index is 5.69. The van der Waals surface area contributed by atoms with Crippen molar-refractivity contribution < 1.29 is 0 Å². The Labute approximate surface area is 70.8 Å². The Kier molecular flexibility index (Phi) is 2.65. The third kappa shape index (κ3) is 2.35. The Balaban J connectivity index is 2.89. The van der Waals surface area contributed by atoms with E-state index in [0.29, 0.717) is 11.0 Å². The molecule has 1 aromatic rings. The first-order valence-corrected chi connectivity index (χ1v) is 3.85. The van der Waals surface area contributed by atoms with Crippen LogP contribution < -0.4 is 5.32 Å². The van der Waals surface area contributed by atoms with Crippen molar-refractivity contribution in [2.45, 2.75) is 13.8 Å². The van der Waals surface area contributed by atoms with Gasteiger partial charge in [0, 0.05) is 12.6 Å². The highest BCUT2D eigenvalue weighted by molar-refractivity contribution is 6.29. The van der Waals surface area contributed by atoms with E-state index in [-0.39, 0.29) is 0 Å². The molecule has 1 N–H and O–H groups in total. The minimum absolute atomic E-state index is 0.480. The average Bonchev–Trinajstić information content (AvgIpc) is 1.85. The zero-order valence-corrected chi connectivity index (χ0v) is 7.31. The van der Waals surface area contributed by atoms with Crippen molar-refractivity contribution >= 4 is 17.4 Å². The van der Waals surface area contributed by atoms with Crippen LogP contribution >= 0.6 is 11.6 Å². The number of aromatic nitrogens is 2. The number of halogens is 1. The van der Waals surface area contributed by atoms with Crippen molar-refractivity contribution in [2.24, 2.45) is 0 Å². The molecule has 0 aliphatic rings. The van der Waals surface area contributed by atoms with Crippen LogP contribution in [0.1, 0.15) is 12.7 Å². The normalized spacial score (nSPS) is 9.73. The number of nitrogens with one attached hydrogen (secondary N) is 1. The molecular formula is C7H10ClN3. The molecule has 0 spiro atoms. The lowest BCUT2D eigenvalue weighted by Gasteiger charge is -2.02. The zero-order valence-electron chi connectivity index (χ0n) is 6.56. The van der Waals surface area contributed by atoms with Gasteiger partial charge >= 0.3 is 0 Å². The van der Waals surface area contributed by atoms with E-state index in [2.05, 4.69) is 15.3 Å². The van der Waals surface area contributed by atoms with Crippen LogP contribution in [0.25, 0.3) is 0 Å². The fourth-order valence-electron chi connectivity index (χ4n) is 0.803. The van der Waals surface area contributed by atoms with Gasteiger partial charge in [0.25, 0.3) is 0 Å². The van der Waals surface area contributed by atoms with Gasteiger partial charge in [0.15, 0.2) is 0 Å². The molecule has 0 saturated carbocycles. The lowest BCUT2D eigenvalue weighted by Crippen LogP contribution is -2.01. The van der Waals surface area contributed by atoms with E-state index < -0.39 is 0 Å². The molecule has 4 heteroatoms. The van der Waals surface area contributed by atoms with Gasteiger partial charge in [-0.3, -0.25) is 0 Å². The van der Waals surface area contributed by atoms with Crippen molar-refractivity contribution in [3.8, 4) is 0 Å². The van der Waals surface area contributed by atoms with Crippen LogP contribution in [0.3, 0.4) is 0 Å². The highest BCUT2D eigenvalue weighted by Crippen LogP contribution is 2.10. The SMILES string of the molecule is CCNc1cc(Cl)nc(C)n1. The number of hydrogen-bond acceptors (Lipinski definition) is 3. The fraction of sp³-hybridized carbons (Fsp3) is 0.429. The predicted molar refractivity (Wildman–Crippen MR) is 45.9 cm³/mol. The molecular weight excluding hydrogens is 162 g/mol. The molecule has 1 rings (SSSR count). The molecule has 0 bridgehead atoms. The van der Waals surface area contributed by atoms with E-state index in [1.54, 1.807) is 6.07 Å². The summed E-state index contributed by atoms with van der Waals surface area (Å²) in [7, 11) is 0. The van der Waals surface area contributed by atoms with E-state index >= 15 is 0 Å². The van der Waals surface area contributed by atoms with Gasteiger partial charge in [-0.05, 0) is 13.8 Å². The Morgan fingerprint density at radius 2 is 2.27 bits per heavy atom. The van der Waals surface area contributed by atoms with Crippen molar-refractivity contribution in [3.63, 3.8) is 0 Å². The maximum Gasteiger partial charge on any atom is 0.134 e. The molecule has 0 aliphatic heterocycles. The Hall–Kier alpha value is -0.830. The van der Waals surface area contributed by atoms with E-state index in [4.69, 9.17) is 11.6 Å². The van der Waals surface area contributed by atoms with Gasteiger partial charge in [-0.2, -0.15) is 0 Å². The van der Waals surface area contributed by atoms with Crippen molar-refractivity contribution in [3.05, 3.63) is 17.0 Å². The summed E-state index contributed by atoms with van der Waals surface area (Å²) in [6, 6.07) is 1.71. The van der Waals surface area contributed by atoms with Crippen LogP contribution in [0.5, 0.6) is 0 Å². The number of hydrogen-bond donors (Lipinski definition) is 1. The van der Waals surface area contributed by atoms with Gasteiger partial charge in [-0.25, -0.2) is 9.97 Å². The third-order valence-electron chi connectivity index (χ3n) is 1.16. The van der Waals surface area contributed by atoms with Crippen LogP contribution in [-0.4, -0.2) is 16.5 Å². The molecule has 0 atom stereocenters. The topological polar surface area (TPSA) is 37.8 Å². The Morgan fingerprint density at radius 1 is 1.55 bits per heavy atom. The van der Waals surface area contributed by atoms with Gasteiger partial charge in [0.05, 0.1) is 0 Å². The second-order valence-corrected chi connectivity index (χ2v) is 2.54. The van der Waals surface area contributed by atoms with Crippen molar-refractivity contribution in [2.75, 3.05) is 11.9 Å². The minimum atomic E-state index is 0.480. The minimum Gasteiger partial charge on any atom is -0.370 e. The monoisotopic (exact) mass is 171 g/mol. The second kappa shape index (κ2) is 3.53. The summed E-state index contributed by atoms with van der Waals surface area (Å²) in [5.41, 5.74) is 0. The van der Waals surface area contributed by atoms with E-state index in [0.717, 1.165) is 12.4 Å². The lowest BCUT2D eigenvalue weighted by molar-refractivity contribution is 1.03. The molecule has 0 unspecified atom stereocenters. The van der Waals surface area contributed by atoms with Gasteiger partial charge in [0.2, 0.25) is 0 Å². The molecule has 0 fully saturated rings. The highest BCUT2D eigenvalue weighted by Gasteiger charge is 1.96. The molecule has 3 nitrogen and oxygen atoms in total. The van der Waals surface area contributed by atoms with E-state index in [1.165, 1.54) is 0 Å². The van der Waals surface area contributed by atoms with Crippen LogP contribution in [0.4, 0.5) is 5.82 Å². The first-order chi connectivity index (χ1) is 5.22. The van der Waals surface area contributed by atoms with Gasteiger partial charge < -0.3 is 5.32 Å². The van der Waals surface area contributed by atoms with Crippen LogP contribution in [0.2, 0.25) is 5.15 Å². The fourth-order valence-corrected chi connectivity index (χ4v) is 1.03. The quantitative estimate of drug-likeness (QED) is 0.691. The summed E-state index contributed by atoms with van der Waals surface area (Å²) in [4.78, 5) is 8.05. The molecule has 0 saturated heterocycles. The summed E-state index contributed by atoms with van der Waals surface area (Å²) < 4.78 is 0.